The zero-order chi connectivity index (χ0) is 25.0. The fraction of sp³-hybridized carbons (Fsp3) is 0.440. The number of benzene rings is 2. The average molecular weight is 500 g/mol. The summed E-state index contributed by atoms with van der Waals surface area (Å²) in [5, 5.41) is 4.34. The molecule has 1 heterocycles. The van der Waals surface area contributed by atoms with Crippen molar-refractivity contribution in [2.75, 3.05) is 26.5 Å². The largest absolute Gasteiger partial charge is 0.493 e. The summed E-state index contributed by atoms with van der Waals surface area (Å²) in [7, 11) is 1.22. The van der Waals surface area contributed by atoms with E-state index in [4.69, 9.17) is 9.47 Å². The van der Waals surface area contributed by atoms with E-state index in [1.54, 1.807) is 13.4 Å². The number of rotatable bonds is 9. The van der Waals surface area contributed by atoms with Gasteiger partial charge >= 0.3 is 0 Å². The molecule has 1 atom stereocenters. The lowest BCUT2D eigenvalue weighted by Gasteiger charge is -2.30. The lowest BCUT2D eigenvalue weighted by Crippen LogP contribution is -2.44. The molecule has 1 saturated carbocycles. The monoisotopic (exact) mass is 499 g/mol. The standard InChI is InChI=1S/C25H33N5O4S/c1-17(18-8-6-5-7-9-18)28-25-21-14-24(23(33-4)15-22(21)26-16-27-25)34-20-12-10-19(11-13-20)29-35(31,32)30(2)3/h5-9,14-17,19-20,29H,10-13H2,1-4H3,(H,26,27,28)/t17-,19?,20?/m1/s1. The third-order valence-corrected chi connectivity index (χ3v) is 7.93. The van der Waals surface area contributed by atoms with E-state index in [9.17, 15) is 8.42 Å². The molecule has 0 spiro atoms. The van der Waals surface area contributed by atoms with Crippen molar-refractivity contribution in [3.8, 4) is 11.5 Å². The van der Waals surface area contributed by atoms with Crippen molar-refractivity contribution in [1.82, 2.24) is 19.0 Å². The number of methoxy groups -OCH3 is 1. The first-order chi connectivity index (χ1) is 16.8. The van der Waals surface area contributed by atoms with E-state index in [2.05, 4.69) is 39.1 Å². The van der Waals surface area contributed by atoms with Crippen LogP contribution in [0.5, 0.6) is 11.5 Å². The molecule has 35 heavy (non-hydrogen) atoms. The maximum absolute atomic E-state index is 12.1. The summed E-state index contributed by atoms with van der Waals surface area (Å²) in [5.41, 5.74) is 1.92. The van der Waals surface area contributed by atoms with E-state index in [0.29, 0.717) is 24.3 Å². The van der Waals surface area contributed by atoms with E-state index >= 15 is 0 Å². The Morgan fingerprint density at radius 3 is 2.40 bits per heavy atom. The summed E-state index contributed by atoms with van der Waals surface area (Å²) >= 11 is 0. The highest BCUT2D eigenvalue weighted by molar-refractivity contribution is 7.87. The SMILES string of the molecule is COc1cc2ncnc(N[C@H](C)c3ccccc3)c2cc1OC1CCC(NS(=O)(=O)N(C)C)CC1. The molecule has 0 radical (unpaired) electrons. The molecule has 1 aromatic heterocycles. The van der Waals surface area contributed by atoms with Gasteiger partial charge in [-0.2, -0.15) is 17.4 Å². The molecule has 0 aliphatic heterocycles. The highest BCUT2D eigenvalue weighted by Gasteiger charge is 2.27. The van der Waals surface area contributed by atoms with Crippen LogP contribution in [0, 0.1) is 0 Å². The number of anilines is 1. The Hall–Kier alpha value is -2.95. The van der Waals surface area contributed by atoms with Crippen LogP contribution in [0.15, 0.2) is 48.8 Å². The molecule has 9 nitrogen and oxygen atoms in total. The maximum atomic E-state index is 12.1. The van der Waals surface area contributed by atoms with Crippen LogP contribution < -0.4 is 19.5 Å². The van der Waals surface area contributed by atoms with Crippen molar-refractivity contribution < 1.29 is 17.9 Å². The van der Waals surface area contributed by atoms with Crippen LogP contribution in [0.1, 0.15) is 44.2 Å². The van der Waals surface area contributed by atoms with Crippen LogP contribution >= 0.6 is 0 Å². The van der Waals surface area contributed by atoms with Gasteiger partial charge < -0.3 is 14.8 Å². The van der Waals surface area contributed by atoms with Gasteiger partial charge in [0, 0.05) is 37.6 Å². The Morgan fingerprint density at radius 2 is 1.74 bits per heavy atom. The second-order valence-electron chi connectivity index (χ2n) is 9.02. The van der Waals surface area contributed by atoms with Gasteiger partial charge in [0.25, 0.3) is 10.2 Å². The van der Waals surface area contributed by atoms with Crippen molar-refractivity contribution in [1.29, 1.82) is 0 Å². The molecular weight excluding hydrogens is 466 g/mol. The Balaban J connectivity index is 1.50. The van der Waals surface area contributed by atoms with Gasteiger partial charge in [0.15, 0.2) is 11.5 Å². The number of ether oxygens (including phenoxy) is 2. The summed E-state index contributed by atoms with van der Waals surface area (Å²) in [6, 6.07) is 13.9. The van der Waals surface area contributed by atoms with Crippen LogP contribution in [-0.2, 0) is 10.2 Å². The first kappa shape index (κ1) is 25.2. The fourth-order valence-corrected chi connectivity index (χ4v) is 5.12. The molecule has 0 bridgehead atoms. The van der Waals surface area contributed by atoms with E-state index in [0.717, 1.165) is 35.1 Å². The molecule has 1 fully saturated rings. The van der Waals surface area contributed by atoms with Crippen LogP contribution in [0.4, 0.5) is 5.82 Å². The van der Waals surface area contributed by atoms with E-state index < -0.39 is 10.2 Å². The first-order valence-electron chi connectivity index (χ1n) is 11.8. The number of nitrogens with one attached hydrogen (secondary N) is 2. The van der Waals surface area contributed by atoms with Gasteiger partial charge in [-0.3, -0.25) is 0 Å². The van der Waals surface area contributed by atoms with Crippen LogP contribution in [0.25, 0.3) is 10.9 Å². The topological polar surface area (TPSA) is 106 Å². The maximum Gasteiger partial charge on any atom is 0.279 e. The number of hydrogen-bond acceptors (Lipinski definition) is 7. The number of hydrogen-bond donors (Lipinski definition) is 2. The summed E-state index contributed by atoms with van der Waals surface area (Å²) in [5.74, 6) is 1.96. The summed E-state index contributed by atoms with van der Waals surface area (Å²) in [6.45, 7) is 2.09. The third kappa shape index (κ3) is 6.01. The Labute approximate surface area is 207 Å². The van der Waals surface area contributed by atoms with Crippen molar-refractivity contribution in [2.45, 2.75) is 50.8 Å². The summed E-state index contributed by atoms with van der Waals surface area (Å²) in [6.07, 6.45) is 4.40. The average Bonchev–Trinajstić information content (AvgIpc) is 2.85. The molecule has 2 aromatic carbocycles. The minimum Gasteiger partial charge on any atom is -0.493 e. The van der Waals surface area contributed by atoms with Gasteiger partial charge in [-0.15, -0.1) is 0 Å². The van der Waals surface area contributed by atoms with Crippen molar-refractivity contribution >= 4 is 26.9 Å². The van der Waals surface area contributed by atoms with Gasteiger partial charge in [0.2, 0.25) is 0 Å². The van der Waals surface area contributed by atoms with Crippen molar-refractivity contribution in [3.05, 3.63) is 54.4 Å². The lowest BCUT2D eigenvalue weighted by molar-refractivity contribution is 0.139. The molecule has 3 aromatic rings. The zero-order valence-corrected chi connectivity index (χ0v) is 21.4. The molecular formula is C25H33N5O4S. The third-order valence-electron chi connectivity index (χ3n) is 6.34. The van der Waals surface area contributed by atoms with Crippen LogP contribution in [-0.4, -0.2) is 56.0 Å². The zero-order valence-electron chi connectivity index (χ0n) is 20.6. The van der Waals surface area contributed by atoms with Gasteiger partial charge in [-0.25, -0.2) is 9.97 Å². The highest BCUT2D eigenvalue weighted by Crippen LogP contribution is 2.37. The molecule has 4 rings (SSSR count). The highest BCUT2D eigenvalue weighted by atomic mass is 32.2. The molecule has 1 aliphatic carbocycles. The molecule has 1 aliphatic rings. The molecule has 0 amide bonds. The van der Waals surface area contributed by atoms with Crippen LogP contribution in [0.3, 0.4) is 0 Å². The predicted octanol–water partition coefficient (Wildman–Crippen LogP) is 3.90. The second-order valence-corrected chi connectivity index (χ2v) is 10.9. The smallest absolute Gasteiger partial charge is 0.279 e. The van der Waals surface area contributed by atoms with Crippen LogP contribution in [0.2, 0.25) is 0 Å². The van der Waals surface area contributed by atoms with Crippen molar-refractivity contribution in [3.63, 3.8) is 0 Å². The molecule has 188 valence electrons. The normalized spacial score (nSPS) is 19.5. The number of fused-ring (bicyclic) bond motifs is 1. The molecule has 2 N–H and O–H groups in total. The second kappa shape index (κ2) is 10.8. The lowest BCUT2D eigenvalue weighted by atomic mass is 9.93. The van der Waals surface area contributed by atoms with Gasteiger partial charge in [-0.1, -0.05) is 30.3 Å². The molecule has 0 unspecified atom stereocenters. The minimum absolute atomic E-state index is 0.0363. The van der Waals surface area contributed by atoms with E-state index in [1.165, 1.54) is 18.4 Å². The van der Waals surface area contributed by atoms with E-state index in [-0.39, 0.29) is 18.2 Å². The van der Waals surface area contributed by atoms with Gasteiger partial charge in [-0.05, 0) is 44.2 Å². The van der Waals surface area contributed by atoms with Gasteiger partial charge in [0.1, 0.15) is 12.1 Å². The van der Waals surface area contributed by atoms with Gasteiger partial charge in [0.05, 0.1) is 18.7 Å². The Kier molecular flexibility index (Phi) is 7.73. The molecule has 10 heteroatoms. The Bertz CT molecular complexity index is 1250. The quantitative estimate of drug-likeness (QED) is 0.460. The summed E-state index contributed by atoms with van der Waals surface area (Å²) in [4.78, 5) is 8.91. The fourth-order valence-electron chi connectivity index (χ4n) is 4.25. The summed E-state index contributed by atoms with van der Waals surface area (Å²) < 4.78 is 40.2. The minimum atomic E-state index is -3.44. The number of aromatic nitrogens is 2. The number of nitrogens with zero attached hydrogens (tertiary/aromatic N) is 3. The van der Waals surface area contributed by atoms with E-state index in [1.807, 2.05) is 30.3 Å². The molecule has 0 saturated heterocycles. The Morgan fingerprint density at radius 1 is 1.03 bits per heavy atom. The first-order valence-corrected chi connectivity index (χ1v) is 13.2. The van der Waals surface area contributed by atoms with Crippen molar-refractivity contribution in [2.24, 2.45) is 0 Å². The predicted molar refractivity (Wildman–Crippen MR) is 137 cm³/mol.